The number of hydrogen-bond donors (Lipinski definition) is 0. The summed E-state index contributed by atoms with van der Waals surface area (Å²) in [5, 5.41) is 0.714. The Morgan fingerprint density at radius 3 is 2.56 bits per heavy atom. The third kappa shape index (κ3) is 4.58. The van der Waals surface area contributed by atoms with Crippen molar-refractivity contribution in [2.24, 2.45) is 0 Å². The van der Waals surface area contributed by atoms with Crippen LogP contribution in [0.1, 0.15) is 11.1 Å². The molecule has 0 saturated heterocycles. The van der Waals surface area contributed by atoms with Gasteiger partial charge in [-0.25, -0.2) is 8.78 Å². The van der Waals surface area contributed by atoms with E-state index in [1.807, 2.05) is 31.2 Å². The molecule has 0 unspecified atom stereocenters. The Morgan fingerprint density at radius 1 is 1.31 bits per heavy atom. The highest BCUT2D eigenvalue weighted by Gasteiger charge is 2.12. The van der Waals surface area contributed by atoms with Crippen molar-refractivity contribution < 1.29 is 8.78 Å². The molecule has 0 saturated carbocycles. The van der Waals surface area contributed by atoms with Gasteiger partial charge >= 0.3 is 0 Å². The molecule has 0 radical (unpaired) electrons. The number of benzene rings is 1. The van der Waals surface area contributed by atoms with E-state index in [-0.39, 0.29) is 6.54 Å². The molecule has 1 aromatic rings. The molecule has 0 bridgehead atoms. The van der Waals surface area contributed by atoms with Gasteiger partial charge in [0.1, 0.15) is 0 Å². The number of halogens is 3. The van der Waals surface area contributed by atoms with Crippen LogP contribution in [0.5, 0.6) is 0 Å². The van der Waals surface area contributed by atoms with Gasteiger partial charge in [-0.15, -0.1) is 0 Å². The molecule has 0 atom stereocenters. The fraction of sp³-hybridized carbons (Fsp3) is 0.500. The number of rotatable bonds is 6. The summed E-state index contributed by atoms with van der Waals surface area (Å²) in [5.74, 6) is 0. The Kier molecular flexibility index (Phi) is 5.91. The minimum absolute atomic E-state index is 0.167. The zero-order valence-corrected chi connectivity index (χ0v) is 10.9. The molecule has 0 aliphatic heterocycles. The minimum Gasteiger partial charge on any atom is -0.293 e. The molecule has 0 aliphatic rings. The Morgan fingerprint density at radius 2 is 2.00 bits per heavy atom. The molecule has 90 valence electrons. The predicted octanol–water partition coefficient (Wildman–Crippen LogP) is 3.46. The smallest absolute Gasteiger partial charge is 0.251 e. The highest BCUT2D eigenvalue weighted by Crippen LogP contribution is 2.11. The third-order valence-electron chi connectivity index (χ3n) is 2.45. The number of nitrogens with zero attached hydrogens (tertiary/aromatic N) is 1. The monoisotopic (exact) mass is 291 g/mol. The molecule has 16 heavy (non-hydrogen) atoms. The first-order valence-corrected chi connectivity index (χ1v) is 6.36. The Labute approximate surface area is 104 Å². The van der Waals surface area contributed by atoms with E-state index in [1.54, 1.807) is 4.90 Å². The van der Waals surface area contributed by atoms with Crippen molar-refractivity contribution >= 4 is 15.9 Å². The van der Waals surface area contributed by atoms with Gasteiger partial charge < -0.3 is 0 Å². The second-order valence-corrected chi connectivity index (χ2v) is 4.53. The minimum atomic E-state index is -2.27. The van der Waals surface area contributed by atoms with Crippen LogP contribution < -0.4 is 0 Å². The summed E-state index contributed by atoms with van der Waals surface area (Å²) in [4.78, 5) is 1.77. The summed E-state index contributed by atoms with van der Waals surface area (Å²) in [7, 11) is 0. The average molecular weight is 292 g/mol. The summed E-state index contributed by atoms with van der Waals surface area (Å²) in [6.07, 6.45) is -2.27. The molecule has 0 heterocycles. The van der Waals surface area contributed by atoms with Gasteiger partial charge in [0.05, 0.1) is 6.54 Å². The van der Waals surface area contributed by atoms with E-state index in [2.05, 4.69) is 15.9 Å². The van der Waals surface area contributed by atoms with Gasteiger partial charge in [0.2, 0.25) is 0 Å². The molecule has 4 heteroatoms. The first-order valence-electron chi connectivity index (χ1n) is 5.24. The number of aryl methyl sites for hydroxylation is 1. The predicted molar refractivity (Wildman–Crippen MR) is 66.3 cm³/mol. The van der Waals surface area contributed by atoms with Gasteiger partial charge in [-0.2, -0.15) is 0 Å². The molecular formula is C12H16BrF2N. The molecular weight excluding hydrogens is 276 g/mol. The molecule has 1 nitrogen and oxygen atoms in total. The lowest BCUT2D eigenvalue weighted by molar-refractivity contribution is 0.0880. The van der Waals surface area contributed by atoms with Crippen LogP contribution in [-0.2, 0) is 6.54 Å². The van der Waals surface area contributed by atoms with E-state index in [9.17, 15) is 8.78 Å². The average Bonchev–Trinajstić information content (AvgIpc) is 2.21. The highest BCUT2D eigenvalue weighted by molar-refractivity contribution is 9.09. The van der Waals surface area contributed by atoms with E-state index < -0.39 is 6.43 Å². The first-order chi connectivity index (χ1) is 7.63. The Balaban J connectivity index is 2.64. The van der Waals surface area contributed by atoms with Crippen LogP contribution in [-0.4, -0.2) is 29.7 Å². The Bertz CT molecular complexity index is 318. The van der Waals surface area contributed by atoms with Crippen molar-refractivity contribution in [3.63, 3.8) is 0 Å². The fourth-order valence-electron chi connectivity index (χ4n) is 1.58. The summed E-state index contributed by atoms with van der Waals surface area (Å²) >= 11 is 3.29. The lowest BCUT2D eigenvalue weighted by atomic mass is 10.1. The molecule has 1 aromatic carbocycles. The highest BCUT2D eigenvalue weighted by atomic mass is 79.9. The van der Waals surface area contributed by atoms with E-state index in [0.29, 0.717) is 18.4 Å². The standard InChI is InChI=1S/C12H16BrF2N/c1-10-4-2-3-5-11(10)8-16(7-6-13)9-12(14)15/h2-5,12H,6-9H2,1H3. The molecule has 0 fully saturated rings. The van der Waals surface area contributed by atoms with Crippen LogP contribution in [0.3, 0.4) is 0 Å². The summed E-state index contributed by atoms with van der Waals surface area (Å²) < 4.78 is 24.7. The molecule has 0 aromatic heterocycles. The topological polar surface area (TPSA) is 3.24 Å². The van der Waals surface area contributed by atoms with Crippen LogP contribution >= 0.6 is 15.9 Å². The zero-order valence-electron chi connectivity index (χ0n) is 9.30. The molecule has 0 N–H and O–H groups in total. The molecule has 0 amide bonds. The van der Waals surface area contributed by atoms with Gasteiger partial charge in [-0.1, -0.05) is 40.2 Å². The van der Waals surface area contributed by atoms with Gasteiger partial charge in [0.25, 0.3) is 6.43 Å². The SMILES string of the molecule is Cc1ccccc1CN(CCBr)CC(F)F. The first kappa shape index (κ1) is 13.6. The van der Waals surface area contributed by atoms with Crippen LogP contribution in [0.4, 0.5) is 8.78 Å². The summed E-state index contributed by atoms with van der Waals surface area (Å²) in [6, 6.07) is 7.89. The maximum absolute atomic E-state index is 12.4. The maximum Gasteiger partial charge on any atom is 0.251 e. The molecule has 1 rings (SSSR count). The van der Waals surface area contributed by atoms with E-state index in [0.717, 1.165) is 11.1 Å². The van der Waals surface area contributed by atoms with Crippen molar-refractivity contribution in [3.05, 3.63) is 35.4 Å². The van der Waals surface area contributed by atoms with Crippen LogP contribution in [0, 0.1) is 6.92 Å². The quantitative estimate of drug-likeness (QED) is 0.726. The fourth-order valence-corrected chi connectivity index (χ4v) is 2.08. The zero-order chi connectivity index (χ0) is 12.0. The summed E-state index contributed by atoms with van der Waals surface area (Å²) in [6.45, 7) is 3.06. The normalized spacial score (nSPS) is 11.4. The van der Waals surface area contributed by atoms with Gasteiger partial charge in [-0.05, 0) is 18.1 Å². The van der Waals surface area contributed by atoms with Crippen molar-refractivity contribution in [1.29, 1.82) is 0 Å². The van der Waals surface area contributed by atoms with Gasteiger partial charge in [0.15, 0.2) is 0 Å². The van der Waals surface area contributed by atoms with Crippen molar-refractivity contribution in [1.82, 2.24) is 4.90 Å². The van der Waals surface area contributed by atoms with Crippen LogP contribution in [0.2, 0.25) is 0 Å². The maximum atomic E-state index is 12.4. The van der Waals surface area contributed by atoms with Crippen molar-refractivity contribution in [3.8, 4) is 0 Å². The second kappa shape index (κ2) is 6.97. The number of hydrogen-bond acceptors (Lipinski definition) is 1. The molecule has 0 spiro atoms. The lowest BCUT2D eigenvalue weighted by Gasteiger charge is -2.21. The molecule has 0 aliphatic carbocycles. The van der Waals surface area contributed by atoms with E-state index >= 15 is 0 Å². The summed E-state index contributed by atoms with van der Waals surface area (Å²) in [5.41, 5.74) is 2.26. The second-order valence-electron chi connectivity index (χ2n) is 3.74. The van der Waals surface area contributed by atoms with Crippen molar-refractivity contribution in [2.75, 3.05) is 18.4 Å². The van der Waals surface area contributed by atoms with Gasteiger partial charge in [-0.3, -0.25) is 4.90 Å². The largest absolute Gasteiger partial charge is 0.293 e. The van der Waals surface area contributed by atoms with E-state index in [4.69, 9.17) is 0 Å². The lowest BCUT2D eigenvalue weighted by Crippen LogP contribution is -2.30. The van der Waals surface area contributed by atoms with Crippen molar-refractivity contribution in [2.45, 2.75) is 19.9 Å². The number of alkyl halides is 3. The van der Waals surface area contributed by atoms with E-state index in [1.165, 1.54) is 0 Å². The van der Waals surface area contributed by atoms with Crippen LogP contribution in [0.25, 0.3) is 0 Å². The third-order valence-corrected chi connectivity index (χ3v) is 2.81. The van der Waals surface area contributed by atoms with Gasteiger partial charge in [0, 0.05) is 18.4 Å². The van der Waals surface area contributed by atoms with Crippen LogP contribution in [0.15, 0.2) is 24.3 Å². The Hall–Kier alpha value is -0.480.